The summed E-state index contributed by atoms with van der Waals surface area (Å²) < 4.78 is 13.0. The van der Waals surface area contributed by atoms with Crippen molar-refractivity contribution in [2.45, 2.75) is 18.9 Å². The number of anilines is 1. The van der Waals surface area contributed by atoms with Crippen LogP contribution in [0.4, 0.5) is 10.1 Å². The highest BCUT2D eigenvalue weighted by molar-refractivity contribution is 7.12. The summed E-state index contributed by atoms with van der Waals surface area (Å²) in [5, 5.41) is 7.61. The van der Waals surface area contributed by atoms with Gasteiger partial charge in [0.15, 0.2) is 0 Å². The summed E-state index contributed by atoms with van der Waals surface area (Å²) in [5.41, 5.74) is 1.48. The van der Waals surface area contributed by atoms with E-state index in [1.165, 1.54) is 35.6 Å². The van der Waals surface area contributed by atoms with Crippen molar-refractivity contribution in [3.8, 4) is 0 Å². The minimum absolute atomic E-state index is 0.0481. The van der Waals surface area contributed by atoms with Crippen LogP contribution in [0.1, 0.15) is 43.2 Å². The monoisotopic (exact) mass is 451 g/mol. The number of amides is 3. The fourth-order valence-corrected chi connectivity index (χ4v) is 4.23. The van der Waals surface area contributed by atoms with Crippen LogP contribution >= 0.6 is 11.3 Å². The highest BCUT2D eigenvalue weighted by Crippen LogP contribution is 2.19. The van der Waals surface area contributed by atoms with Crippen LogP contribution in [-0.2, 0) is 0 Å². The molecule has 0 bridgehead atoms. The molecule has 0 aliphatic carbocycles. The molecule has 0 atom stereocenters. The number of carbonyl (C=O) groups is 3. The van der Waals surface area contributed by atoms with Gasteiger partial charge in [-0.1, -0.05) is 12.1 Å². The van der Waals surface area contributed by atoms with Gasteiger partial charge in [0.05, 0.1) is 4.88 Å². The maximum Gasteiger partial charge on any atom is 0.265 e. The molecule has 0 saturated carbocycles. The summed E-state index contributed by atoms with van der Waals surface area (Å²) in [6.07, 6.45) is 1.26. The molecule has 2 heterocycles. The summed E-state index contributed by atoms with van der Waals surface area (Å²) in [4.78, 5) is 39.9. The van der Waals surface area contributed by atoms with E-state index in [9.17, 15) is 18.8 Å². The van der Waals surface area contributed by atoms with E-state index >= 15 is 0 Å². The molecule has 3 amide bonds. The second-order valence-corrected chi connectivity index (χ2v) is 8.51. The van der Waals surface area contributed by atoms with Crippen molar-refractivity contribution in [3.05, 3.63) is 87.9 Å². The minimum Gasteiger partial charge on any atom is -0.349 e. The van der Waals surface area contributed by atoms with E-state index in [0.717, 1.165) is 0 Å². The van der Waals surface area contributed by atoms with Crippen molar-refractivity contribution in [1.82, 2.24) is 10.2 Å². The van der Waals surface area contributed by atoms with Crippen LogP contribution in [0.15, 0.2) is 66.0 Å². The average molecular weight is 452 g/mol. The van der Waals surface area contributed by atoms with E-state index in [1.54, 1.807) is 35.2 Å². The summed E-state index contributed by atoms with van der Waals surface area (Å²) >= 11 is 1.35. The first kappa shape index (κ1) is 21.7. The Morgan fingerprint density at radius 1 is 0.906 bits per heavy atom. The van der Waals surface area contributed by atoms with Crippen LogP contribution in [0.5, 0.6) is 0 Å². The van der Waals surface area contributed by atoms with E-state index in [1.807, 2.05) is 11.4 Å². The number of rotatable bonds is 5. The first-order chi connectivity index (χ1) is 15.5. The average Bonchev–Trinajstić information content (AvgIpc) is 3.35. The molecule has 8 heteroatoms. The number of hydrogen-bond acceptors (Lipinski definition) is 4. The maximum absolute atomic E-state index is 13.0. The molecular weight excluding hydrogens is 429 g/mol. The Balaban J connectivity index is 1.32. The van der Waals surface area contributed by atoms with Gasteiger partial charge < -0.3 is 15.5 Å². The molecule has 1 fully saturated rings. The quantitative estimate of drug-likeness (QED) is 0.611. The fourth-order valence-electron chi connectivity index (χ4n) is 3.61. The van der Waals surface area contributed by atoms with Gasteiger partial charge in [-0.05, 0) is 66.8 Å². The van der Waals surface area contributed by atoms with Crippen LogP contribution in [-0.4, -0.2) is 41.8 Å². The number of benzene rings is 2. The van der Waals surface area contributed by atoms with Crippen molar-refractivity contribution in [3.63, 3.8) is 0 Å². The third kappa shape index (κ3) is 5.20. The van der Waals surface area contributed by atoms with E-state index in [4.69, 9.17) is 0 Å². The van der Waals surface area contributed by atoms with E-state index in [-0.39, 0.29) is 29.6 Å². The predicted octanol–water partition coefficient (Wildman–Crippen LogP) is 4.17. The lowest BCUT2D eigenvalue weighted by Crippen LogP contribution is -2.46. The molecule has 1 aliphatic heterocycles. The Morgan fingerprint density at radius 3 is 2.34 bits per heavy atom. The van der Waals surface area contributed by atoms with Gasteiger partial charge >= 0.3 is 0 Å². The largest absolute Gasteiger partial charge is 0.349 e. The maximum atomic E-state index is 13.0. The number of halogens is 1. The van der Waals surface area contributed by atoms with Crippen LogP contribution < -0.4 is 10.6 Å². The molecule has 0 radical (unpaired) electrons. The summed E-state index contributed by atoms with van der Waals surface area (Å²) in [7, 11) is 0. The van der Waals surface area contributed by atoms with Gasteiger partial charge in [0.1, 0.15) is 5.82 Å². The smallest absolute Gasteiger partial charge is 0.265 e. The molecule has 32 heavy (non-hydrogen) atoms. The number of piperidine rings is 1. The molecule has 1 aromatic heterocycles. The number of thiophene rings is 1. The third-order valence-corrected chi connectivity index (χ3v) is 6.20. The summed E-state index contributed by atoms with van der Waals surface area (Å²) in [6.45, 7) is 1.03. The molecule has 1 aliphatic rings. The zero-order valence-electron chi connectivity index (χ0n) is 17.2. The van der Waals surface area contributed by atoms with Crippen molar-refractivity contribution >= 4 is 34.7 Å². The van der Waals surface area contributed by atoms with Crippen molar-refractivity contribution in [1.29, 1.82) is 0 Å². The molecule has 6 nitrogen and oxygen atoms in total. The molecule has 2 N–H and O–H groups in total. The van der Waals surface area contributed by atoms with Crippen molar-refractivity contribution < 1.29 is 18.8 Å². The topological polar surface area (TPSA) is 78.5 Å². The van der Waals surface area contributed by atoms with Crippen LogP contribution in [0.25, 0.3) is 0 Å². The Hall–Kier alpha value is -3.52. The van der Waals surface area contributed by atoms with Crippen LogP contribution in [0.2, 0.25) is 0 Å². The lowest BCUT2D eigenvalue weighted by Gasteiger charge is -2.32. The summed E-state index contributed by atoms with van der Waals surface area (Å²) in [6, 6.07) is 15.8. The van der Waals surface area contributed by atoms with Gasteiger partial charge in [-0.15, -0.1) is 11.3 Å². The predicted molar refractivity (Wildman–Crippen MR) is 122 cm³/mol. The van der Waals surface area contributed by atoms with Crippen LogP contribution in [0.3, 0.4) is 0 Å². The third-order valence-electron chi connectivity index (χ3n) is 5.34. The van der Waals surface area contributed by atoms with Gasteiger partial charge in [-0.25, -0.2) is 4.39 Å². The molecule has 3 aromatic rings. The first-order valence-corrected chi connectivity index (χ1v) is 11.2. The van der Waals surface area contributed by atoms with E-state index in [0.29, 0.717) is 47.6 Å². The fraction of sp³-hybridized carbons (Fsp3) is 0.208. The molecule has 4 rings (SSSR count). The number of hydrogen-bond donors (Lipinski definition) is 2. The van der Waals surface area contributed by atoms with Gasteiger partial charge in [0.2, 0.25) is 0 Å². The lowest BCUT2D eigenvalue weighted by atomic mass is 10.0. The highest BCUT2D eigenvalue weighted by atomic mass is 32.1. The first-order valence-electron chi connectivity index (χ1n) is 10.3. The van der Waals surface area contributed by atoms with E-state index in [2.05, 4.69) is 10.6 Å². The lowest BCUT2D eigenvalue weighted by molar-refractivity contribution is 0.0697. The minimum atomic E-state index is -0.386. The van der Waals surface area contributed by atoms with Gasteiger partial charge in [0.25, 0.3) is 17.7 Å². The molecule has 0 spiro atoms. The van der Waals surface area contributed by atoms with Crippen LogP contribution in [0, 0.1) is 5.82 Å². The highest BCUT2D eigenvalue weighted by Gasteiger charge is 2.25. The Labute approximate surface area is 189 Å². The standard InChI is InChI=1S/C24H22FN3O3S/c25-18-8-6-16(7-9-18)22(29)26-19-10-12-28(13-11-19)24(31)17-3-1-4-20(15-17)27-23(30)21-5-2-14-32-21/h1-9,14-15,19H,10-13H2,(H,26,29)(H,27,30). The van der Waals surface area contributed by atoms with E-state index < -0.39 is 0 Å². The van der Waals surface area contributed by atoms with Gasteiger partial charge in [-0.2, -0.15) is 0 Å². The molecular formula is C24H22FN3O3S. The molecule has 0 unspecified atom stereocenters. The Kier molecular flexibility index (Phi) is 6.61. The zero-order valence-corrected chi connectivity index (χ0v) is 18.0. The number of carbonyl (C=O) groups excluding carboxylic acids is 3. The van der Waals surface area contributed by atoms with Gasteiger partial charge in [-0.3, -0.25) is 14.4 Å². The summed E-state index contributed by atoms with van der Waals surface area (Å²) in [5.74, 6) is -0.949. The number of nitrogens with one attached hydrogen (secondary N) is 2. The number of likely N-dealkylation sites (tertiary alicyclic amines) is 1. The normalized spacial score (nSPS) is 14.1. The van der Waals surface area contributed by atoms with Crippen molar-refractivity contribution in [2.75, 3.05) is 18.4 Å². The second-order valence-electron chi connectivity index (χ2n) is 7.56. The molecule has 1 saturated heterocycles. The Bertz CT molecular complexity index is 1110. The molecule has 2 aromatic carbocycles. The van der Waals surface area contributed by atoms with Gasteiger partial charge in [0, 0.05) is 35.9 Å². The zero-order chi connectivity index (χ0) is 22.5. The SMILES string of the molecule is O=C(NC1CCN(C(=O)c2cccc(NC(=O)c3cccs3)c2)CC1)c1ccc(F)cc1. The van der Waals surface area contributed by atoms with Crippen molar-refractivity contribution in [2.24, 2.45) is 0 Å². The Morgan fingerprint density at radius 2 is 1.66 bits per heavy atom. The number of nitrogens with zero attached hydrogens (tertiary/aromatic N) is 1. The second kappa shape index (κ2) is 9.74. The molecule has 164 valence electrons.